The van der Waals surface area contributed by atoms with Gasteiger partial charge in [0, 0.05) is 37.7 Å². The molecule has 2 atom stereocenters. The fourth-order valence-electron chi connectivity index (χ4n) is 3.02. The number of ether oxygens (including phenoxy) is 1. The zero-order valence-electron chi connectivity index (χ0n) is 13.9. The lowest BCUT2D eigenvalue weighted by Gasteiger charge is -2.16. The molecule has 4 nitrogen and oxygen atoms in total. The van der Waals surface area contributed by atoms with Gasteiger partial charge in [0.05, 0.1) is 13.2 Å². The Kier molecular flexibility index (Phi) is 7.06. The maximum absolute atomic E-state index is 9.82. The minimum Gasteiger partial charge on any atom is -0.496 e. The number of aliphatic hydroxyl groups excluding tert-OH is 1. The number of aliphatic hydroxyl groups is 1. The molecule has 0 spiro atoms. The van der Waals surface area contributed by atoms with Crippen LogP contribution in [0.4, 0.5) is 0 Å². The van der Waals surface area contributed by atoms with Crippen LogP contribution in [0.3, 0.4) is 0 Å². The molecule has 0 bridgehead atoms. The van der Waals surface area contributed by atoms with Gasteiger partial charge in [0.15, 0.2) is 0 Å². The van der Waals surface area contributed by atoms with Gasteiger partial charge in [0.2, 0.25) is 0 Å². The first-order chi connectivity index (χ1) is 11.3. The Morgan fingerprint density at radius 1 is 1.12 bits per heavy atom. The first kappa shape index (κ1) is 18.7. The number of nitrogens with one attached hydrogen (secondary N) is 2. The number of methoxy groups -OCH3 is 1. The summed E-state index contributed by atoms with van der Waals surface area (Å²) in [5.74, 6) is 1.17. The Labute approximate surface area is 149 Å². The highest BCUT2D eigenvalue weighted by Gasteiger charge is 2.24. The molecule has 1 aliphatic rings. The standard InChI is InChI=1S/C19H24N2O2.ClH/c1-23-19-9-15(14-5-3-2-4-6-14)7-8-16(19)10-20-11-17-12-21-13-18(17)22;/h2-9,17-18,20-22H,10-13H2,1H3;1H. The minimum atomic E-state index is -0.246. The monoisotopic (exact) mass is 348 g/mol. The molecule has 0 aromatic heterocycles. The molecule has 2 aromatic carbocycles. The highest BCUT2D eigenvalue weighted by Crippen LogP contribution is 2.27. The van der Waals surface area contributed by atoms with E-state index in [9.17, 15) is 5.11 Å². The van der Waals surface area contributed by atoms with Crippen LogP contribution in [0.2, 0.25) is 0 Å². The van der Waals surface area contributed by atoms with Crippen molar-refractivity contribution in [3.63, 3.8) is 0 Å². The van der Waals surface area contributed by atoms with Crippen LogP contribution in [0.5, 0.6) is 5.75 Å². The second-order valence-electron chi connectivity index (χ2n) is 6.01. The van der Waals surface area contributed by atoms with Gasteiger partial charge in [0.1, 0.15) is 5.75 Å². The van der Waals surface area contributed by atoms with Crippen molar-refractivity contribution < 1.29 is 9.84 Å². The van der Waals surface area contributed by atoms with E-state index in [1.165, 1.54) is 5.56 Å². The van der Waals surface area contributed by atoms with Gasteiger partial charge in [0.25, 0.3) is 0 Å². The van der Waals surface area contributed by atoms with Crippen LogP contribution in [0.15, 0.2) is 48.5 Å². The first-order valence-corrected chi connectivity index (χ1v) is 8.10. The fourth-order valence-corrected chi connectivity index (χ4v) is 3.02. The summed E-state index contributed by atoms with van der Waals surface area (Å²) >= 11 is 0. The summed E-state index contributed by atoms with van der Waals surface area (Å²) < 4.78 is 5.55. The Morgan fingerprint density at radius 3 is 2.58 bits per heavy atom. The molecule has 2 unspecified atom stereocenters. The van der Waals surface area contributed by atoms with Crippen molar-refractivity contribution >= 4 is 12.4 Å². The molecule has 3 N–H and O–H groups in total. The topological polar surface area (TPSA) is 53.5 Å². The first-order valence-electron chi connectivity index (χ1n) is 8.10. The molecule has 0 radical (unpaired) electrons. The molecule has 1 fully saturated rings. The molecule has 3 rings (SSSR count). The molecular weight excluding hydrogens is 324 g/mol. The number of rotatable bonds is 6. The van der Waals surface area contributed by atoms with E-state index in [0.717, 1.165) is 36.5 Å². The lowest BCUT2D eigenvalue weighted by molar-refractivity contribution is 0.146. The van der Waals surface area contributed by atoms with Gasteiger partial charge in [-0.2, -0.15) is 0 Å². The van der Waals surface area contributed by atoms with Gasteiger partial charge >= 0.3 is 0 Å². The van der Waals surface area contributed by atoms with E-state index in [1.54, 1.807) is 7.11 Å². The second kappa shape index (κ2) is 9.04. The summed E-state index contributed by atoms with van der Waals surface area (Å²) in [4.78, 5) is 0. The lowest BCUT2D eigenvalue weighted by atomic mass is 10.0. The number of halogens is 1. The predicted octanol–water partition coefficient (Wildman–Crippen LogP) is 2.45. The van der Waals surface area contributed by atoms with Crippen LogP contribution in [0.1, 0.15) is 5.56 Å². The molecule has 2 aromatic rings. The third-order valence-electron chi connectivity index (χ3n) is 4.42. The summed E-state index contributed by atoms with van der Waals surface area (Å²) in [7, 11) is 1.71. The van der Waals surface area contributed by atoms with E-state index >= 15 is 0 Å². The summed E-state index contributed by atoms with van der Waals surface area (Å²) in [6.45, 7) is 3.11. The van der Waals surface area contributed by atoms with Crippen LogP contribution in [0, 0.1) is 5.92 Å². The molecule has 130 valence electrons. The molecule has 24 heavy (non-hydrogen) atoms. The Morgan fingerprint density at radius 2 is 1.92 bits per heavy atom. The van der Waals surface area contributed by atoms with Gasteiger partial charge in [-0.25, -0.2) is 0 Å². The van der Waals surface area contributed by atoms with Crippen molar-refractivity contribution in [2.75, 3.05) is 26.7 Å². The summed E-state index contributed by atoms with van der Waals surface area (Å²) in [6.07, 6.45) is -0.246. The Bertz CT molecular complexity index is 637. The van der Waals surface area contributed by atoms with E-state index in [1.807, 2.05) is 18.2 Å². The maximum Gasteiger partial charge on any atom is 0.123 e. The van der Waals surface area contributed by atoms with Crippen molar-refractivity contribution in [3.05, 3.63) is 54.1 Å². The number of hydrogen-bond acceptors (Lipinski definition) is 4. The molecule has 0 aliphatic carbocycles. The third-order valence-corrected chi connectivity index (χ3v) is 4.42. The minimum absolute atomic E-state index is 0. The quantitative estimate of drug-likeness (QED) is 0.750. The second-order valence-corrected chi connectivity index (χ2v) is 6.01. The lowest BCUT2D eigenvalue weighted by Crippen LogP contribution is -2.30. The Hall–Kier alpha value is -1.59. The SMILES string of the molecule is COc1cc(-c2ccccc2)ccc1CNCC1CNCC1O.Cl. The molecule has 1 aliphatic heterocycles. The van der Waals surface area contributed by atoms with Crippen molar-refractivity contribution in [1.82, 2.24) is 10.6 Å². The molecule has 0 saturated carbocycles. The number of β-amino-alcohol motifs (C(OH)–C–C–N with tert-alkyl or cyclic N) is 1. The average Bonchev–Trinajstić information content (AvgIpc) is 3.01. The van der Waals surface area contributed by atoms with Crippen LogP contribution in [-0.4, -0.2) is 38.0 Å². The third kappa shape index (κ3) is 4.48. The molecule has 0 amide bonds. The molecule has 1 heterocycles. The zero-order valence-corrected chi connectivity index (χ0v) is 14.7. The van der Waals surface area contributed by atoms with Crippen molar-refractivity contribution in [2.24, 2.45) is 5.92 Å². The number of hydrogen-bond donors (Lipinski definition) is 3. The highest BCUT2D eigenvalue weighted by molar-refractivity contribution is 5.85. The van der Waals surface area contributed by atoms with Crippen molar-refractivity contribution in [3.8, 4) is 16.9 Å². The van der Waals surface area contributed by atoms with Crippen molar-refractivity contribution in [1.29, 1.82) is 0 Å². The fraction of sp³-hybridized carbons (Fsp3) is 0.368. The van der Waals surface area contributed by atoms with Gasteiger partial charge in [-0.3, -0.25) is 0 Å². The normalized spacial score (nSPS) is 19.8. The summed E-state index contributed by atoms with van der Waals surface area (Å²) in [6, 6.07) is 16.6. The van der Waals surface area contributed by atoms with E-state index < -0.39 is 0 Å². The van der Waals surface area contributed by atoms with E-state index in [4.69, 9.17) is 4.74 Å². The highest BCUT2D eigenvalue weighted by atomic mass is 35.5. The summed E-state index contributed by atoms with van der Waals surface area (Å²) in [5.41, 5.74) is 3.47. The molecule has 1 saturated heterocycles. The van der Waals surface area contributed by atoms with Crippen molar-refractivity contribution in [2.45, 2.75) is 12.6 Å². The van der Waals surface area contributed by atoms with Gasteiger partial charge in [-0.1, -0.05) is 42.5 Å². The van der Waals surface area contributed by atoms with Gasteiger partial charge < -0.3 is 20.5 Å². The zero-order chi connectivity index (χ0) is 16.1. The van der Waals surface area contributed by atoms with E-state index in [2.05, 4.69) is 41.0 Å². The van der Waals surface area contributed by atoms with Gasteiger partial charge in [-0.15, -0.1) is 12.4 Å². The van der Waals surface area contributed by atoms with Gasteiger partial charge in [-0.05, 0) is 17.2 Å². The molecule has 5 heteroatoms. The van der Waals surface area contributed by atoms with Crippen LogP contribution < -0.4 is 15.4 Å². The van der Waals surface area contributed by atoms with Crippen LogP contribution in [0.25, 0.3) is 11.1 Å². The summed E-state index contributed by atoms with van der Waals surface area (Å²) in [5, 5.41) is 16.5. The average molecular weight is 349 g/mol. The van der Waals surface area contributed by atoms with E-state index in [0.29, 0.717) is 6.54 Å². The maximum atomic E-state index is 9.82. The largest absolute Gasteiger partial charge is 0.496 e. The molecular formula is C19H25ClN2O2. The predicted molar refractivity (Wildman–Crippen MR) is 99.8 cm³/mol. The van der Waals surface area contributed by atoms with E-state index in [-0.39, 0.29) is 24.4 Å². The van der Waals surface area contributed by atoms with Crippen LogP contribution in [-0.2, 0) is 6.54 Å². The van der Waals surface area contributed by atoms with Crippen LogP contribution >= 0.6 is 12.4 Å². The number of benzene rings is 2. The Balaban J connectivity index is 0.00000208. The smallest absolute Gasteiger partial charge is 0.123 e.